The highest BCUT2D eigenvalue weighted by Crippen LogP contribution is 2.32. The van der Waals surface area contributed by atoms with Gasteiger partial charge in [0.15, 0.2) is 0 Å². The van der Waals surface area contributed by atoms with E-state index in [0.29, 0.717) is 15.8 Å². The van der Waals surface area contributed by atoms with Crippen molar-refractivity contribution in [1.82, 2.24) is 4.98 Å². The lowest BCUT2D eigenvalue weighted by Gasteiger charge is -2.08. The Hall–Kier alpha value is -1.77. The second-order valence-electron chi connectivity index (χ2n) is 4.36. The number of fused-ring (bicyclic) bond motifs is 1. The number of hydrogen-bond acceptors (Lipinski definition) is 2. The van der Waals surface area contributed by atoms with Crippen molar-refractivity contribution >= 4 is 34.1 Å². The summed E-state index contributed by atoms with van der Waals surface area (Å²) in [5.74, 6) is 0.641. The van der Waals surface area contributed by atoms with Crippen LogP contribution in [0.5, 0.6) is 5.75 Å². The maximum Gasteiger partial charge on any atom is 0.137 e. The van der Waals surface area contributed by atoms with Gasteiger partial charge in [-0.15, -0.1) is 0 Å². The van der Waals surface area contributed by atoms with Crippen LogP contribution >= 0.6 is 23.2 Å². The smallest absolute Gasteiger partial charge is 0.137 e. The third-order valence-electron chi connectivity index (χ3n) is 3.11. The summed E-state index contributed by atoms with van der Waals surface area (Å²) in [7, 11) is 1.59. The van der Waals surface area contributed by atoms with Gasteiger partial charge in [-0.25, -0.2) is 4.98 Å². The lowest BCUT2D eigenvalue weighted by atomic mass is 10.1. The molecule has 0 N–H and O–H groups in total. The molecular weight excluding hydrogens is 293 g/mol. The van der Waals surface area contributed by atoms with Gasteiger partial charge in [0.2, 0.25) is 0 Å². The summed E-state index contributed by atoms with van der Waals surface area (Å²) in [5, 5.41) is 2.17. The van der Waals surface area contributed by atoms with Gasteiger partial charge in [-0.1, -0.05) is 41.4 Å². The van der Waals surface area contributed by atoms with E-state index in [0.717, 1.165) is 22.2 Å². The number of para-hydroxylation sites is 1. The molecule has 0 saturated heterocycles. The monoisotopic (exact) mass is 303 g/mol. The van der Waals surface area contributed by atoms with Crippen LogP contribution in [0.1, 0.15) is 0 Å². The number of rotatable bonds is 2. The summed E-state index contributed by atoms with van der Waals surface area (Å²) in [5.41, 5.74) is 2.56. The number of nitrogens with zero attached hydrogens (tertiary/aromatic N) is 1. The molecule has 100 valence electrons. The summed E-state index contributed by atoms with van der Waals surface area (Å²) in [4.78, 5) is 4.62. The summed E-state index contributed by atoms with van der Waals surface area (Å²) in [6.45, 7) is 0. The second-order valence-corrected chi connectivity index (χ2v) is 5.17. The number of hydrogen-bond donors (Lipinski definition) is 0. The number of halogens is 2. The highest BCUT2D eigenvalue weighted by atomic mass is 35.5. The first-order chi connectivity index (χ1) is 9.69. The molecule has 0 radical (unpaired) electrons. The molecule has 3 aromatic rings. The highest BCUT2D eigenvalue weighted by molar-refractivity contribution is 6.35. The Morgan fingerprint density at radius 3 is 2.50 bits per heavy atom. The van der Waals surface area contributed by atoms with Crippen molar-refractivity contribution in [2.24, 2.45) is 0 Å². The fourth-order valence-electron chi connectivity index (χ4n) is 2.11. The van der Waals surface area contributed by atoms with Crippen molar-refractivity contribution in [3.8, 4) is 17.0 Å². The molecule has 0 fully saturated rings. The van der Waals surface area contributed by atoms with Crippen molar-refractivity contribution in [3.05, 3.63) is 58.6 Å². The highest BCUT2D eigenvalue weighted by Gasteiger charge is 2.08. The topological polar surface area (TPSA) is 22.1 Å². The van der Waals surface area contributed by atoms with Crippen molar-refractivity contribution in [2.45, 2.75) is 0 Å². The van der Waals surface area contributed by atoms with Crippen molar-refractivity contribution < 1.29 is 4.74 Å². The molecule has 0 aliphatic heterocycles. The van der Waals surface area contributed by atoms with E-state index in [1.165, 1.54) is 0 Å². The minimum atomic E-state index is 0.552. The molecule has 0 aliphatic rings. The molecule has 0 bridgehead atoms. The van der Waals surface area contributed by atoms with Crippen LogP contribution < -0.4 is 4.74 Å². The van der Waals surface area contributed by atoms with Gasteiger partial charge < -0.3 is 4.74 Å². The van der Waals surface area contributed by atoms with Crippen LogP contribution in [0.2, 0.25) is 10.0 Å². The van der Waals surface area contributed by atoms with Crippen LogP contribution in [0.4, 0.5) is 0 Å². The normalized spacial score (nSPS) is 10.8. The molecule has 1 heterocycles. The van der Waals surface area contributed by atoms with E-state index in [2.05, 4.69) is 4.98 Å². The number of benzene rings is 2. The van der Waals surface area contributed by atoms with Gasteiger partial charge in [0.1, 0.15) is 5.75 Å². The quantitative estimate of drug-likeness (QED) is 0.648. The van der Waals surface area contributed by atoms with Crippen molar-refractivity contribution in [2.75, 3.05) is 7.11 Å². The number of pyridine rings is 1. The molecule has 2 aromatic carbocycles. The van der Waals surface area contributed by atoms with E-state index >= 15 is 0 Å². The maximum absolute atomic E-state index is 6.31. The molecule has 0 aliphatic carbocycles. The average Bonchev–Trinajstić information content (AvgIpc) is 2.47. The Balaban J connectivity index is 2.17. The second kappa shape index (κ2) is 5.31. The van der Waals surface area contributed by atoms with Crippen molar-refractivity contribution in [3.63, 3.8) is 0 Å². The molecule has 0 amide bonds. The van der Waals surface area contributed by atoms with Crippen LogP contribution in [-0.2, 0) is 0 Å². The van der Waals surface area contributed by atoms with Gasteiger partial charge in [-0.3, -0.25) is 0 Å². The summed E-state index contributed by atoms with van der Waals surface area (Å²) in [6.07, 6.45) is 0. The average molecular weight is 304 g/mol. The van der Waals surface area contributed by atoms with Crippen LogP contribution in [-0.4, -0.2) is 12.1 Å². The maximum atomic E-state index is 6.31. The largest absolute Gasteiger partial charge is 0.495 e. The van der Waals surface area contributed by atoms with Gasteiger partial charge >= 0.3 is 0 Å². The van der Waals surface area contributed by atoms with E-state index in [9.17, 15) is 0 Å². The summed E-state index contributed by atoms with van der Waals surface area (Å²) in [6, 6.07) is 15.2. The molecule has 1 aromatic heterocycles. The molecule has 3 rings (SSSR count). The number of ether oxygens (including phenoxy) is 1. The number of methoxy groups -OCH3 is 1. The molecule has 0 atom stereocenters. The Bertz CT molecular complexity index is 787. The van der Waals surface area contributed by atoms with E-state index in [4.69, 9.17) is 27.9 Å². The molecule has 0 saturated carbocycles. The SMILES string of the molecule is COc1ccc(-c2cc(Cl)c3ccccc3n2)cc1Cl. The standard InChI is InChI=1S/C16H11Cl2NO/c1-20-16-7-6-10(8-13(16)18)15-9-12(17)11-4-2-3-5-14(11)19-15/h2-9H,1H3. The Morgan fingerprint density at radius 1 is 0.950 bits per heavy atom. The minimum Gasteiger partial charge on any atom is -0.495 e. The first-order valence-electron chi connectivity index (χ1n) is 6.08. The Labute approximate surface area is 126 Å². The van der Waals surface area contributed by atoms with E-state index < -0.39 is 0 Å². The lowest BCUT2D eigenvalue weighted by Crippen LogP contribution is -1.88. The Morgan fingerprint density at radius 2 is 1.75 bits per heavy atom. The van der Waals surface area contributed by atoms with Crippen molar-refractivity contribution in [1.29, 1.82) is 0 Å². The van der Waals surface area contributed by atoms with Crippen LogP contribution in [0, 0.1) is 0 Å². The predicted molar refractivity (Wildman–Crippen MR) is 83.8 cm³/mol. The number of aromatic nitrogens is 1. The zero-order valence-electron chi connectivity index (χ0n) is 10.7. The van der Waals surface area contributed by atoms with Gasteiger partial charge in [0.25, 0.3) is 0 Å². The first kappa shape index (κ1) is 13.2. The van der Waals surface area contributed by atoms with E-state index in [1.54, 1.807) is 7.11 Å². The van der Waals surface area contributed by atoms with Crippen LogP contribution in [0.3, 0.4) is 0 Å². The molecule has 2 nitrogen and oxygen atoms in total. The molecule has 0 unspecified atom stereocenters. The minimum absolute atomic E-state index is 0.552. The van der Waals surface area contributed by atoms with Gasteiger partial charge in [-0.05, 0) is 30.3 Å². The summed E-state index contributed by atoms with van der Waals surface area (Å²) >= 11 is 12.5. The third-order valence-corrected chi connectivity index (χ3v) is 3.72. The van der Waals surface area contributed by atoms with E-state index in [1.807, 2.05) is 48.5 Å². The molecule has 0 spiro atoms. The van der Waals surface area contributed by atoms with Gasteiger partial charge in [0.05, 0.1) is 28.4 Å². The fourth-order valence-corrected chi connectivity index (χ4v) is 2.63. The molecule has 4 heteroatoms. The Kier molecular flexibility index (Phi) is 3.51. The van der Waals surface area contributed by atoms with Gasteiger partial charge in [0, 0.05) is 10.9 Å². The predicted octanol–water partition coefficient (Wildman–Crippen LogP) is 5.22. The van der Waals surface area contributed by atoms with Gasteiger partial charge in [-0.2, -0.15) is 0 Å². The third kappa shape index (κ3) is 2.33. The lowest BCUT2D eigenvalue weighted by molar-refractivity contribution is 0.415. The zero-order chi connectivity index (χ0) is 14.1. The summed E-state index contributed by atoms with van der Waals surface area (Å²) < 4.78 is 5.15. The fraction of sp³-hybridized carbons (Fsp3) is 0.0625. The van der Waals surface area contributed by atoms with E-state index in [-0.39, 0.29) is 0 Å². The zero-order valence-corrected chi connectivity index (χ0v) is 12.2. The van der Waals surface area contributed by atoms with Crippen LogP contribution in [0.15, 0.2) is 48.5 Å². The van der Waals surface area contributed by atoms with Crippen LogP contribution in [0.25, 0.3) is 22.2 Å². The molecule has 20 heavy (non-hydrogen) atoms. The molecular formula is C16H11Cl2NO. The first-order valence-corrected chi connectivity index (χ1v) is 6.84.